The van der Waals surface area contributed by atoms with E-state index in [9.17, 15) is 22.8 Å². The van der Waals surface area contributed by atoms with Crippen LogP contribution in [0.1, 0.15) is 59.1 Å². The molecule has 7 nitrogen and oxygen atoms in total. The number of pyridine rings is 1. The Morgan fingerprint density at radius 1 is 1.08 bits per heavy atom. The fourth-order valence-corrected chi connectivity index (χ4v) is 4.26. The second-order valence-corrected chi connectivity index (χ2v) is 10.2. The monoisotopic (exact) mass is 526 g/mol. The minimum Gasteiger partial charge on any atom is -0.444 e. The number of nitrogens with zero attached hydrogens (tertiary/aromatic N) is 2. The number of halogens is 3. The molecule has 0 radical (unpaired) electrons. The van der Waals surface area contributed by atoms with E-state index in [1.54, 1.807) is 11.0 Å². The second kappa shape index (κ2) is 10.7. The van der Waals surface area contributed by atoms with Gasteiger partial charge in [0.1, 0.15) is 11.4 Å². The molecule has 0 unspecified atom stereocenters. The lowest BCUT2D eigenvalue weighted by molar-refractivity contribution is 0.0224. The van der Waals surface area contributed by atoms with Gasteiger partial charge in [0.05, 0.1) is 11.3 Å². The van der Waals surface area contributed by atoms with E-state index in [-0.39, 0.29) is 17.3 Å². The van der Waals surface area contributed by atoms with E-state index in [4.69, 9.17) is 10.5 Å². The zero-order chi connectivity index (χ0) is 27.6. The lowest BCUT2D eigenvalue weighted by atomic mass is 9.95. The second-order valence-electron chi connectivity index (χ2n) is 10.2. The number of carbonyl (C=O) groups is 2. The minimum absolute atomic E-state index is 0.0404. The van der Waals surface area contributed by atoms with Gasteiger partial charge in [-0.05, 0) is 62.1 Å². The number of hydrogen-bond donors (Lipinski definition) is 2. The van der Waals surface area contributed by atoms with Gasteiger partial charge in [0.15, 0.2) is 11.6 Å². The summed E-state index contributed by atoms with van der Waals surface area (Å²) >= 11 is 0. The van der Waals surface area contributed by atoms with Gasteiger partial charge in [0.25, 0.3) is 5.91 Å². The molecule has 3 N–H and O–H groups in total. The number of rotatable bonds is 6. The molecule has 200 valence electrons. The normalized spacial score (nSPS) is 13.2. The molecule has 2 heterocycles. The topological polar surface area (TPSA) is 97.5 Å². The number of carbonyl (C=O) groups excluding carboxylic acids is 2. The number of aromatic nitrogens is 1. The van der Waals surface area contributed by atoms with E-state index < -0.39 is 41.1 Å². The number of anilines is 1. The third-order valence-corrected chi connectivity index (χ3v) is 6.14. The minimum atomic E-state index is -1.30. The first kappa shape index (κ1) is 27.0. The molecule has 0 spiro atoms. The summed E-state index contributed by atoms with van der Waals surface area (Å²) in [6, 6.07) is 9.08. The van der Waals surface area contributed by atoms with E-state index in [1.807, 2.05) is 32.9 Å². The Labute approximate surface area is 218 Å². The van der Waals surface area contributed by atoms with Crippen LogP contribution in [0.25, 0.3) is 0 Å². The molecule has 1 aliphatic heterocycles. The van der Waals surface area contributed by atoms with Crippen LogP contribution in [-0.4, -0.2) is 34.0 Å². The Kier molecular flexibility index (Phi) is 7.61. The van der Waals surface area contributed by atoms with Crippen molar-refractivity contribution in [3.05, 3.63) is 93.6 Å². The Morgan fingerprint density at radius 3 is 2.53 bits per heavy atom. The highest BCUT2D eigenvalue weighted by Crippen LogP contribution is 2.25. The van der Waals surface area contributed by atoms with Gasteiger partial charge in [-0.3, -0.25) is 9.78 Å². The number of nitrogens with one attached hydrogen (secondary N) is 1. The molecule has 0 aliphatic carbocycles. The van der Waals surface area contributed by atoms with Gasteiger partial charge in [-0.1, -0.05) is 18.2 Å². The maximum atomic E-state index is 14.1. The molecular weight excluding hydrogens is 497 g/mol. The first-order valence-corrected chi connectivity index (χ1v) is 12.1. The van der Waals surface area contributed by atoms with Crippen LogP contribution < -0.4 is 11.1 Å². The molecular formula is C28H29F3N4O3. The molecule has 10 heteroatoms. The average molecular weight is 527 g/mol. The molecule has 0 bridgehead atoms. The number of benzene rings is 2. The van der Waals surface area contributed by atoms with Crippen LogP contribution in [0.4, 0.5) is 23.7 Å². The molecule has 4 rings (SSSR count). The zero-order valence-electron chi connectivity index (χ0n) is 21.4. The van der Waals surface area contributed by atoms with Gasteiger partial charge in [0, 0.05) is 43.5 Å². The number of fused-ring (bicyclic) bond motifs is 1. The van der Waals surface area contributed by atoms with Gasteiger partial charge in [-0.2, -0.15) is 0 Å². The summed E-state index contributed by atoms with van der Waals surface area (Å²) in [5, 5.41) is 2.79. The van der Waals surface area contributed by atoms with Crippen LogP contribution in [0.5, 0.6) is 0 Å². The summed E-state index contributed by atoms with van der Waals surface area (Å²) in [7, 11) is 0. The lowest BCUT2D eigenvalue weighted by Crippen LogP contribution is -2.39. The summed E-state index contributed by atoms with van der Waals surface area (Å²) in [5.41, 5.74) is 8.36. The lowest BCUT2D eigenvalue weighted by Gasteiger charge is -2.31. The smallest absolute Gasteiger partial charge is 0.410 e. The van der Waals surface area contributed by atoms with Gasteiger partial charge >= 0.3 is 6.09 Å². The van der Waals surface area contributed by atoms with Crippen molar-refractivity contribution in [2.75, 3.05) is 11.9 Å². The first-order chi connectivity index (χ1) is 17.9. The van der Waals surface area contributed by atoms with Gasteiger partial charge < -0.3 is 20.7 Å². The maximum absolute atomic E-state index is 14.1. The molecule has 1 aliphatic rings. The van der Waals surface area contributed by atoms with Crippen molar-refractivity contribution < 1.29 is 27.5 Å². The highest BCUT2D eigenvalue weighted by atomic mass is 19.2. The predicted molar refractivity (Wildman–Crippen MR) is 136 cm³/mol. The Hall–Kier alpha value is -4.08. The first-order valence-electron chi connectivity index (χ1n) is 12.1. The predicted octanol–water partition coefficient (Wildman–Crippen LogP) is 5.09. The van der Waals surface area contributed by atoms with Gasteiger partial charge in [-0.25, -0.2) is 18.0 Å². The molecule has 2 aromatic carbocycles. The Balaban J connectivity index is 1.50. The third kappa shape index (κ3) is 6.24. The SMILES string of the molecule is CC(C)(C)OC(=O)N1CCc2cc(Cc3cc(NCc4c(F)ccc(F)c4F)c(C(N)=O)cn3)ccc2C1. The van der Waals surface area contributed by atoms with Crippen LogP contribution in [0.15, 0.2) is 42.6 Å². The Morgan fingerprint density at radius 2 is 1.82 bits per heavy atom. The van der Waals surface area contributed by atoms with Crippen molar-refractivity contribution in [3.8, 4) is 0 Å². The highest BCUT2D eigenvalue weighted by molar-refractivity contribution is 5.98. The summed E-state index contributed by atoms with van der Waals surface area (Å²) in [6.45, 7) is 6.09. The van der Waals surface area contributed by atoms with E-state index in [0.29, 0.717) is 37.7 Å². The van der Waals surface area contributed by atoms with E-state index in [1.165, 1.54) is 6.20 Å². The van der Waals surface area contributed by atoms with Crippen LogP contribution >= 0.6 is 0 Å². The Bertz CT molecular complexity index is 1390. The van der Waals surface area contributed by atoms with Crippen LogP contribution in [0, 0.1) is 17.5 Å². The average Bonchev–Trinajstić information content (AvgIpc) is 2.85. The molecule has 1 aromatic heterocycles. The quantitative estimate of drug-likeness (QED) is 0.436. The fourth-order valence-electron chi connectivity index (χ4n) is 4.26. The molecule has 2 amide bonds. The van der Waals surface area contributed by atoms with E-state index >= 15 is 0 Å². The summed E-state index contributed by atoms with van der Waals surface area (Å²) in [4.78, 5) is 30.3. The molecule has 0 saturated carbocycles. The summed E-state index contributed by atoms with van der Waals surface area (Å²) in [5.74, 6) is -4.15. The fraction of sp³-hybridized carbons (Fsp3) is 0.321. The van der Waals surface area contributed by atoms with Crippen molar-refractivity contribution in [3.63, 3.8) is 0 Å². The van der Waals surface area contributed by atoms with Gasteiger partial charge in [-0.15, -0.1) is 0 Å². The molecule has 0 fully saturated rings. The third-order valence-electron chi connectivity index (χ3n) is 6.14. The van der Waals surface area contributed by atoms with Crippen molar-refractivity contribution in [1.82, 2.24) is 9.88 Å². The van der Waals surface area contributed by atoms with Crippen molar-refractivity contribution in [1.29, 1.82) is 0 Å². The number of amides is 2. The standard InChI is InChI=1S/C28H29F3N4O3/c1-28(2,3)38-27(37)35-9-8-17-10-16(4-5-18(17)15-35)11-19-12-24(21(14-33-19)26(32)36)34-13-20-22(29)6-7-23(30)25(20)31/h4-7,10,12,14H,8-9,11,13,15H2,1-3H3,(H2,32,36)(H,33,34). The number of nitrogens with two attached hydrogens (primary N) is 1. The van der Waals surface area contributed by atoms with E-state index in [0.717, 1.165) is 22.8 Å². The largest absolute Gasteiger partial charge is 0.444 e. The van der Waals surface area contributed by atoms with Crippen molar-refractivity contribution in [2.45, 2.75) is 52.3 Å². The number of ether oxygens (including phenoxy) is 1. The van der Waals surface area contributed by atoms with Gasteiger partial charge in [0.2, 0.25) is 0 Å². The zero-order valence-corrected chi connectivity index (χ0v) is 21.4. The summed E-state index contributed by atoms with van der Waals surface area (Å²) in [6.07, 6.45) is 2.05. The summed E-state index contributed by atoms with van der Waals surface area (Å²) < 4.78 is 47.2. The van der Waals surface area contributed by atoms with Crippen LogP contribution in [0.3, 0.4) is 0 Å². The number of primary amides is 1. The molecule has 0 atom stereocenters. The van der Waals surface area contributed by atoms with Crippen molar-refractivity contribution in [2.24, 2.45) is 5.73 Å². The molecule has 38 heavy (non-hydrogen) atoms. The maximum Gasteiger partial charge on any atom is 0.410 e. The van der Waals surface area contributed by atoms with Crippen LogP contribution in [-0.2, 0) is 30.7 Å². The molecule has 0 saturated heterocycles. The van der Waals surface area contributed by atoms with Crippen molar-refractivity contribution >= 4 is 17.7 Å². The van der Waals surface area contributed by atoms with E-state index in [2.05, 4.69) is 16.4 Å². The number of hydrogen-bond acceptors (Lipinski definition) is 5. The van der Waals surface area contributed by atoms with Crippen LogP contribution in [0.2, 0.25) is 0 Å². The molecule has 3 aromatic rings. The highest BCUT2D eigenvalue weighted by Gasteiger charge is 2.26.